The lowest BCUT2D eigenvalue weighted by Gasteiger charge is -2.35. The zero-order valence-corrected chi connectivity index (χ0v) is 18.5. The maximum absolute atomic E-state index is 12.9. The lowest BCUT2D eigenvalue weighted by atomic mass is 9.94. The maximum atomic E-state index is 12.9. The van der Waals surface area contributed by atoms with Crippen LogP contribution in [0.5, 0.6) is 5.75 Å². The number of carbonyl (C=O) groups excluding carboxylic acids is 2. The van der Waals surface area contributed by atoms with E-state index < -0.39 is 18.0 Å². The van der Waals surface area contributed by atoms with E-state index >= 15 is 0 Å². The lowest BCUT2D eigenvalue weighted by Crippen LogP contribution is -2.46. The molecule has 0 bridgehead atoms. The average Bonchev–Trinajstić information content (AvgIpc) is 3.27. The molecule has 158 valence electrons. The van der Waals surface area contributed by atoms with Gasteiger partial charge in [-0.3, -0.25) is 0 Å². The predicted molar refractivity (Wildman–Crippen MR) is 117 cm³/mol. The third-order valence-corrected chi connectivity index (χ3v) is 5.89. The van der Waals surface area contributed by atoms with Gasteiger partial charge in [0.25, 0.3) is 0 Å². The van der Waals surface area contributed by atoms with Crippen molar-refractivity contribution >= 4 is 40.6 Å². The van der Waals surface area contributed by atoms with E-state index in [0.717, 1.165) is 0 Å². The van der Waals surface area contributed by atoms with Crippen LogP contribution in [0.1, 0.15) is 28.2 Å². The number of hydrogen-bond donors (Lipinski definition) is 1. The fraction of sp³-hybridized carbons (Fsp3) is 0.286. The number of ether oxygens (including phenoxy) is 3. The molecule has 0 unspecified atom stereocenters. The Morgan fingerprint density at radius 3 is 2.63 bits per heavy atom. The molecular formula is C21H22N2O5S2. The van der Waals surface area contributed by atoms with Gasteiger partial charge in [-0.1, -0.05) is 24.3 Å². The fourth-order valence-corrected chi connectivity index (χ4v) is 3.84. The zero-order valence-electron chi connectivity index (χ0n) is 16.8. The number of carbonyl (C=O) groups is 2. The van der Waals surface area contributed by atoms with Crippen LogP contribution in [-0.4, -0.2) is 49.3 Å². The predicted octanol–water partition coefficient (Wildman–Crippen LogP) is 3.29. The molecule has 0 spiro atoms. The number of methoxy groups -OCH3 is 1. The van der Waals surface area contributed by atoms with Crippen molar-refractivity contribution in [3.8, 4) is 5.75 Å². The van der Waals surface area contributed by atoms with Gasteiger partial charge in [0, 0.05) is 25.4 Å². The number of para-hydroxylation sites is 1. The first-order valence-corrected chi connectivity index (χ1v) is 10.5. The lowest BCUT2D eigenvalue weighted by molar-refractivity contribution is -0.140. The Hall–Kier alpha value is -2.75. The van der Waals surface area contributed by atoms with Crippen molar-refractivity contribution in [3.05, 3.63) is 63.5 Å². The van der Waals surface area contributed by atoms with Crippen LogP contribution in [0.2, 0.25) is 0 Å². The summed E-state index contributed by atoms with van der Waals surface area (Å²) >= 11 is 6.72. The van der Waals surface area contributed by atoms with Crippen LogP contribution in [0.25, 0.3) is 0 Å². The van der Waals surface area contributed by atoms with E-state index in [0.29, 0.717) is 39.2 Å². The average molecular weight is 447 g/mol. The van der Waals surface area contributed by atoms with Crippen LogP contribution in [0.4, 0.5) is 0 Å². The van der Waals surface area contributed by atoms with Gasteiger partial charge in [-0.25, -0.2) is 9.59 Å². The van der Waals surface area contributed by atoms with Gasteiger partial charge in [-0.15, -0.1) is 11.3 Å². The van der Waals surface area contributed by atoms with Crippen molar-refractivity contribution in [2.45, 2.75) is 13.0 Å². The quantitative estimate of drug-likeness (QED) is 0.301. The minimum atomic E-state index is -0.629. The first kappa shape index (κ1) is 21.9. The summed E-state index contributed by atoms with van der Waals surface area (Å²) in [4.78, 5) is 27.6. The molecular weight excluding hydrogens is 424 g/mol. The van der Waals surface area contributed by atoms with Gasteiger partial charge >= 0.3 is 11.9 Å². The van der Waals surface area contributed by atoms with E-state index in [1.807, 2.05) is 6.07 Å². The van der Waals surface area contributed by atoms with Crippen molar-refractivity contribution in [1.82, 2.24) is 10.2 Å². The number of hydrogen-bond acceptors (Lipinski definition) is 7. The number of esters is 2. The summed E-state index contributed by atoms with van der Waals surface area (Å²) in [5.41, 5.74) is 1.66. The van der Waals surface area contributed by atoms with Gasteiger partial charge in [0.05, 0.1) is 18.2 Å². The molecule has 9 heteroatoms. The second-order valence-electron chi connectivity index (χ2n) is 6.47. The molecule has 1 aliphatic rings. The van der Waals surface area contributed by atoms with Crippen molar-refractivity contribution < 1.29 is 23.8 Å². The molecule has 1 aromatic heterocycles. The summed E-state index contributed by atoms with van der Waals surface area (Å²) in [5, 5.41) is 5.42. The molecule has 0 saturated carbocycles. The highest BCUT2D eigenvalue weighted by Gasteiger charge is 2.35. The second-order valence-corrected chi connectivity index (χ2v) is 7.81. The van der Waals surface area contributed by atoms with Crippen LogP contribution in [0.3, 0.4) is 0 Å². The molecule has 1 aromatic carbocycles. The van der Waals surface area contributed by atoms with Crippen LogP contribution in [0.15, 0.2) is 53.0 Å². The molecule has 1 atom stereocenters. The van der Waals surface area contributed by atoms with Crippen molar-refractivity contribution in [1.29, 1.82) is 0 Å². The number of thiocarbonyl (C=S) groups is 1. The monoisotopic (exact) mass is 446 g/mol. The fourth-order valence-electron chi connectivity index (χ4n) is 2.99. The Bertz CT molecular complexity index is 972. The van der Waals surface area contributed by atoms with Crippen LogP contribution in [-0.2, 0) is 14.3 Å². The highest BCUT2D eigenvalue weighted by molar-refractivity contribution is 7.80. The molecule has 30 heavy (non-hydrogen) atoms. The topological polar surface area (TPSA) is 77.1 Å². The Morgan fingerprint density at radius 2 is 1.93 bits per heavy atom. The Labute approximate surface area is 184 Å². The number of benzene rings is 1. The van der Waals surface area contributed by atoms with E-state index in [4.69, 9.17) is 26.4 Å². The molecule has 0 amide bonds. The molecule has 0 aliphatic carbocycles. The molecule has 1 aliphatic heterocycles. The summed E-state index contributed by atoms with van der Waals surface area (Å²) in [7, 11) is 3.31. The highest BCUT2D eigenvalue weighted by atomic mass is 32.1. The number of nitrogens with one attached hydrogen (secondary N) is 1. The van der Waals surface area contributed by atoms with Gasteiger partial charge in [-0.2, -0.15) is 0 Å². The molecule has 0 fully saturated rings. The smallest absolute Gasteiger partial charge is 0.353 e. The van der Waals surface area contributed by atoms with E-state index in [9.17, 15) is 9.59 Å². The molecule has 2 heterocycles. The number of thiophene rings is 1. The summed E-state index contributed by atoms with van der Waals surface area (Å²) in [5.74, 6) is -0.607. The first-order valence-electron chi connectivity index (χ1n) is 9.19. The second kappa shape index (κ2) is 9.84. The number of allylic oxidation sites excluding steroid dienone is 1. The van der Waals surface area contributed by atoms with E-state index in [1.54, 1.807) is 54.6 Å². The molecule has 0 saturated heterocycles. The van der Waals surface area contributed by atoms with Crippen molar-refractivity contribution in [3.63, 3.8) is 0 Å². The van der Waals surface area contributed by atoms with Gasteiger partial charge < -0.3 is 24.4 Å². The van der Waals surface area contributed by atoms with Crippen molar-refractivity contribution in [2.75, 3.05) is 27.4 Å². The highest BCUT2D eigenvalue weighted by Crippen LogP contribution is 2.36. The van der Waals surface area contributed by atoms with Gasteiger partial charge in [0.2, 0.25) is 0 Å². The van der Waals surface area contributed by atoms with E-state index in [-0.39, 0.29) is 6.61 Å². The molecule has 7 nitrogen and oxygen atoms in total. The largest absolute Gasteiger partial charge is 0.460 e. The molecule has 3 rings (SSSR count). The van der Waals surface area contributed by atoms with Crippen LogP contribution < -0.4 is 10.1 Å². The molecule has 1 N–H and O–H groups in total. The van der Waals surface area contributed by atoms with Gasteiger partial charge in [0.1, 0.15) is 17.2 Å². The molecule has 0 radical (unpaired) electrons. The Morgan fingerprint density at radius 1 is 1.17 bits per heavy atom. The normalized spacial score (nSPS) is 16.3. The SMILES string of the molecule is COCCOC(=O)C1=C(C)N(C)C(=S)N[C@@H]1c1ccccc1OC(=O)c1cccs1. The Balaban J connectivity index is 1.96. The third-order valence-electron chi connectivity index (χ3n) is 4.65. The van der Waals surface area contributed by atoms with E-state index in [1.165, 1.54) is 18.4 Å². The van der Waals surface area contributed by atoms with Crippen LogP contribution >= 0.6 is 23.6 Å². The standard InChI is InChI=1S/C21H22N2O5S2/c1-13-17(20(25)27-11-10-26-3)18(22-21(29)23(13)2)14-7-4-5-8-15(14)28-19(24)16-9-6-12-30-16/h4-9,12,18H,10-11H2,1-3H3,(H,22,29)/t18-/m1/s1. The summed E-state index contributed by atoms with van der Waals surface area (Å²) in [6.45, 7) is 2.22. The summed E-state index contributed by atoms with van der Waals surface area (Å²) in [6.07, 6.45) is 0. The van der Waals surface area contributed by atoms with E-state index in [2.05, 4.69) is 5.32 Å². The Kier molecular flexibility index (Phi) is 7.20. The number of nitrogens with zero attached hydrogens (tertiary/aromatic N) is 1. The minimum Gasteiger partial charge on any atom is -0.460 e. The summed E-state index contributed by atoms with van der Waals surface area (Å²) in [6, 6.07) is 9.90. The first-order chi connectivity index (χ1) is 14.4. The number of rotatable bonds is 7. The zero-order chi connectivity index (χ0) is 21.7. The minimum absolute atomic E-state index is 0.127. The summed E-state index contributed by atoms with van der Waals surface area (Å²) < 4.78 is 16.0. The maximum Gasteiger partial charge on any atom is 0.353 e. The van der Waals surface area contributed by atoms with Gasteiger partial charge in [0.15, 0.2) is 5.11 Å². The van der Waals surface area contributed by atoms with Crippen LogP contribution in [0, 0.1) is 0 Å². The third kappa shape index (κ3) is 4.69. The van der Waals surface area contributed by atoms with Gasteiger partial charge in [-0.05, 0) is 36.7 Å². The molecule has 2 aromatic rings. The van der Waals surface area contributed by atoms with Crippen molar-refractivity contribution in [2.24, 2.45) is 0 Å².